The summed E-state index contributed by atoms with van der Waals surface area (Å²) in [4.78, 5) is 15.8. The van der Waals surface area contributed by atoms with E-state index in [1.165, 1.54) is 12.8 Å². The van der Waals surface area contributed by atoms with Crippen molar-refractivity contribution in [1.29, 1.82) is 0 Å². The fraction of sp³-hybridized carbons (Fsp3) is 0.467. The van der Waals surface area contributed by atoms with Gasteiger partial charge in [-0.25, -0.2) is 4.79 Å². The monoisotopic (exact) mass is 275 g/mol. The van der Waals surface area contributed by atoms with Crippen molar-refractivity contribution in [2.75, 3.05) is 23.8 Å². The maximum atomic E-state index is 11.4. The summed E-state index contributed by atoms with van der Waals surface area (Å²) in [6.07, 6.45) is 2.94. The molecule has 2 N–H and O–H groups in total. The first-order valence-corrected chi connectivity index (χ1v) is 7.04. The van der Waals surface area contributed by atoms with Crippen LogP contribution in [0.3, 0.4) is 0 Å². The normalized spacial score (nSPS) is 14.4. The minimum absolute atomic E-state index is 0.365. The predicted octanol–water partition coefficient (Wildman–Crippen LogP) is 3.56. The highest BCUT2D eigenvalue weighted by molar-refractivity contribution is 5.96. The summed E-state index contributed by atoms with van der Waals surface area (Å²) in [7, 11) is 0. The van der Waals surface area contributed by atoms with Crippen LogP contribution in [0.5, 0.6) is 0 Å². The van der Waals surface area contributed by atoms with Gasteiger partial charge in [-0.05, 0) is 50.5 Å². The molecule has 0 unspecified atom stereocenters. The van der Waals surface area contributed by atoms with Gasteiger partial charge in [-0.2, -0.15) is 0 Å². The van der Waals surface area contributed by atoms with Crippen molar-refractivity contribution in [2.24, 2.45) is 4.99 Å². The highest BCUT2D eigenvalue weighted by Gasteiger charge is 2.08. The molecule has 1 aliphatic heterocycles. The van der Waals surface area contributed by atoms with Gasteiger partial charge in [0, 0.05) is 24.3 Å². The average molecular weight is 275 g/mol. The summed E-state index contributed by atoms with van der Waals surface area (Å²) in [6.45, 7) is 5.05. The van der Waals surface area contributed by atoms with Crippen molar-refractivity contribution in [3.8, 4) is 0 Å². The Kier molecular flexibility index (Phi) is 4.98. The quantitative estimate of drug-likeness (QED) is 0.886. The van der Waals surface area contributed by atoms with E-state index in [-0.39, 0.29) is 0 Å². The van der Waals surface area contributed by atoms with Crippen molar-refractivity contribution in [1.82, 2.24) is 0 Å². The molecule has 0 radical (unpaired) electrons. The number of aliphatic imine (C=N–C) groups is 1. The summed E-state index contributed by atoms with van der Waals surface area (Å²) >= 11 is 0. The summed E-state index contributed by atoms with van der Waals surface area (Å²) in [6, 6.07) is 5.73. The fourth-order valence-electron chi connectivity index (χ4n) is 2.12. The molecule has 0 spiro atoms. The SMILES string of the molecule is CCOC(=O)Nc1ccc(NC2=NCCCC2)c(C)c1. The van der Waals surface area contributed by atoms with E-state index >= 15 is 0 Å². The number of nitrogens with one attached hydrogen (secondary N) is 2. The third-order valence-corrected chi connectivity index (χ3v) is 3.15. The van der Waals surface area contributed by atoms with Crippen LogP contribution in [0.2, 0.25) is 0 Å². The maximum absolute atomic E-state index is 11.4. The Hall–Kier alpha value is -2.04. The number of benzene rings is 1. The minimum Gasteiger partial charge on any atom is -0.450 e. The Balaban J connectivity index is 2.02. The molecule has 0 bridgehead atoms. The molecular weight excluding hydrogens is 254 g/mol. The van der Waals surface area contributed by atoms with Crippen LogP contribution >= 0.6 is 0 Å². The van der Waals surface area contributed by atoms with Crippen LogP contribution in [0.15, 0.2) is 23.2 Å². The molecule has 0 saturated heterocycles. The number of ether oxygens (including phenoxy) is 1. The van der Waals surface area contributed by atoms with Crippen molar-refractivity contribution >= 4 is 23.3 Å². The van der Waals surface area contributed by atoms with Gasteiger partial charge in [0.1, 0.15) is 5.84 Å². The number of rotatable bonds is 3. The Morgan fingerprint density at radius 1 is 1.40 bits per heavy atom. The Morgan fingerprint density at radius 2 is 2.25 bits per heavy atom. The van der Waals surface area contributed by atoms with Gasteiger partial charge in [0.2, 0.25) is 0 Å². The lowest BCUT2D eigenvalue weighted by Gasteiger charge is -2.16. The van der Waals surface area contributed by atoms with Gasteiger partial charge in [0.25, 0.3) is 0 Å². The van der Waals surface area contributed by atoms with Crippen LogP contribution in [0, 0.1) is 6.92 Å². The number of carbonyl (C=O) groups excluding carboxylic acids is 1. The molecule has 1 aromatic carbocycles. The Labute approximate surface area is 119 Å². The first-order chi connectivity index (χ1) is 9.69. The second-order valence-corrected chi connectivity index (χ2v) is 4.79. The van der Waals surface area contributed by atoms with Crippen LogP contribution in [-0.2, 0) is 4.74 Å². The number of hydrogen-bond donors (Lipinski definition) is 2. The van der Waals surface area contributed by atoms with Crippen molar-refractivity contribution in [2.45, 2.75) is 33.1 Å². The van der Waals surface area contributed by atoms with E-state index in [1.54, 1.807) is 6.92 Å². The molecule has 20 heavy (non-hydrogen) atoms. The molecule has 0 saturated carbocycles. The van der Waals surface area contributed by atoms with Crippen LogP contribution in [0.4, 0.5) is 16.2 Å². The van der Waals surface area contributed by atoms with Gasteiger partial charge >= 0.3 is 6.09 Å². The van der Waals surface area contributed by atoms with Gasteiger partial charge < -0.3 is 10.1 Å². The molecule has 1 amide bonds. The number of aryl methyl sites for hydroxylation is 1. The number of carbonyl (C=O) groups is 1. The van der Waals surface area contributed by atoms with Gasteiger partial charge in [-0.1, -0.05) is 0 Å². The molecule has 5 nitrogen and oxygen atoms in total. The van der Waals surface area contributed by atoms with Crippen molar-refractivity contribution in [3.63, 3.8) is 0 Å². The molecule has 0 aliphatic carbocycles. The van der Waals surface area contributed by atoms with Crippen molar-refractivity contribution in [3.05, 3.63) is 23.8 Å². The molecule has 0 aromatic heterocycles. The summed E-state index contributed by atoms with van der Waals surface area (Å²) < 4.78 is 4.85. The lowest BCUT2D eigenvalue weighted by atomic mass is 10.1. The molecule has 1 aromatic rings. The van der Waals surface area contributed by atoms with E-state index in [0.717, 1.165) is 35.7 Å². The molecule has 108 valence electrons. The van der Waals surface area contributed by atoms with Crippen LogP contribution in [0.1, 0.15) is 31.7 Å². The second kappa shape index (κ2) is 6.93. The molecule has 1 heterocycles. The zero-order valence-corrected chi connectivity index (χ0v) is 12.0. The number of anilines is 2. The van der Waals surface area contributed by atoms with E-state index in [0.29, 0.717) is 6.61 Å². The highest BCUT2D eigenvalue weighted by atomic mass is 16.5. The maximum Gasteiger partial charge on any atom is 0.411 e. The molecule has 1 aliphatic rings. The number of amides is 1. The van der Waals surface area contributed by atoms with E-state index < -0.39 is 6.09 Å². The zero-order chi connectivity index (χ0) is 14.4. The largest absolute Gasteiger partial charge is 0.450 e. The summed E-state index contributed by atoms with van der Waals surface area (Å²) in [5, 5.41) is 6.06. The standard InChI is InChI=1S/C15H21N3O2/c1-3-20-15(19)17-12-7-8-13(11(2)10-12)18-14-6-4-5-9-16-14/h7-8,10H,3-6,9H2,1-2H3,(H,16,18)(H,17,19). The Bertz CT molecular complexity index is 512. The summed E-state index contributed by atoms with van der Waals surface area (Å²) in [5.41, 5.74) is 2.82. The fourth-order valence-corrected chi connectivity index (χ4v) is 2.12. The van der Waals surface area contributed by atoms with E-state index in [2.05, 4.69) is 15.6 Å². The highest BCUT2D eigenvalue weighted by Crippen LogP contribution is 2.21. The van der Waals surface area contributed by atoms with E-state index in [9.17, 15) is 4.79 Å². The topological polar surface area (TPSA) is 62.7 Å². The lowest BCUT2D eigenvalue weighted by Crippen LogP contribution is -2.17. The van der Waals surface area contributed by atoms with Gasteiger partial charge in [-0.3, -0.25) is 10.3 Å². The lowest BCUT2D eigenvalue weighted by molar-refractivity contribution is 0.168. The van der Waals surface area contributed by atoms with Crippen LogP contribution < -0.4 is 10.6 Å². The zero-order valence-electron chi connectivity index (χ0n) is 12.0. The second-order valence-electron chi connectivity index (χ2n) is 4.79. The number of hydrogen-bond acceptors (Lipinski definition) is 4. The van der Waals surface area contributed by atoms with Gasteiger partial charge in [0.05, 0.1) is 6.61 Å². The third kappa shape index (κ3) is 3.98. The molecule has 0 atom stereocenters. The first kappa shape index (κ1) is 14.4. The average Bonchev–Trinajstić information content (AvgIpc) is 2.43. The summed E-state index contributed by atoms with van der Waals surface area (Å²) in [5.74, 6) is 1.05. The predicted molar refractivity (Wildman–Crippen MR) is 81.6 cm³/mol. The first-order valence-electron chi connectivity index (χ1n) is 7.04. The number of nitrogens with zero attached hydrogens (tertiary/aromatic N) is 1. The Morgan fingerprint density at radius 3 is 2.90 bits per heavy atom. The van der Waals surface area contributed by atoms with Gasteiger partial charge in [-0.15, -0.1) is 0 Å². The van der Waals surface area contributed by atoms with Crippen LogP contribution in [0.25, 0.3) is 0 Å². The molecular formula is C15H21N3O2. The molecule has 5 heteroatoms. The molecule has 2 rings (SSSR count). The number of amidine groups is 1. The smallest absolute Gasteiger partial charge is 0.411 e. The van der Waals surface area contributed by atoms with E-state index in [4.69, 9.17) is 4.74 Å². The van der Waals surface area contributed by atoms with Crippen molar-refractivity contribution < 1.29 is 9.53 Å². The molecule has 0 fully saturated rings. The van der Waals surface area contributed by atoms with Gasteiger partial charge in [0.15, 0.2) is 0 Å². The van der Waals surface area contributed by atoms with Crippen LogP contribution in [-0.4, -0.2) is 25.1 Å². The van der Waals surface area contributed by atoms with E-state index in [1.807, 2.05) is 25.1 Å². The third-order valence-electron chi connectivity index (χ3n) is 3.15. The minimum atomic E-state index is -0.427.